The van der Waals surface area contributed by atoms with Gasteiger partial charge in [-0.05, 0) is 13.3 Å². The molecule has 0 aromatic heterocycles. The Balaban J connectivity index is 1.93. The first-order valence-electron chi connectivity index (χ1n) is 7.04. The summed E-state index contributed by atoms with van der Waals surface area (Å²) in [6, 6.07) is -0.952. The maximum Gasteiger partial charge on any atom is 0.325 e. The van der Waals surface area contributed by atoms with Gasteiger partial charge in [0, 0.05) is 13.1 Å². The fourth-order valence-corrected chi connectivity index (χ4v) is 2.49. The number of carbonyl (C=O) groups excluding carboxylic acids is 3. The van der Waals surface area contributed by atoms with E-state index >= 15 is 0 Å². The fourth-order valence-electron chi connectivity index (χ4n) is 2.49. The predicted octanol–water partition coefficient (Wildman–Crippen LogP) is -0.0458. The number of imide groups is 1. The second-order valence-electron chi connectivity index (χ2n) is 5.24. The lowest BCUT2D eigenvalue weighted by Crippen LogP contribution is -2.49. The molecule has 0 bridgehead atoms. The molecular weight excluding hydrogens is 262 g/mol. The minimum Gasteiger partial charge on any atom is -0.375 e. The number of nitrogens with zero attached hydrogens (tertiary/aromatic N) is 2. The van der Waals surface area contributed by atoms with Crippen LogP contribution in [0.2, 0.25) is 0 Å². The van der Waals surface area contributed by atoms with Gasteiger partial charge in [0.2, 0.25) is 5.91 Å². The van der Waals surface area contributed by atoms with E-state index in [0.717, 1.165) is 11.3 Å². The zero-order valence-corrected chi connectivity index (χ0v) is 11.9. The summed E-state index contributed by atoms with van der Waals surface area (Å²) in [4.78, 5) is 38.6. The van der Waals surface area contributed by atoms with Crippen LogP contribution in [0.1, 0.15) is 26.7 Å². The summed E-state index contributed by atoms with van der Waals surface area (Å²) in [5.74, 6) is -0.507. The lowest BCUT2D eigenvalue weighted by molar-refractivity contribution is -0.142. The van der Waals surface area contributed by atoms with Crippen molar-refractivity contribution < 1.29 is 19.1 Å². The van der Waals surface area contributed by atoms with E-state index in [1.165, 1.54) is 0 Å². The average Bonchev–Trinajstić information content (AvgIpc) is 2.67. The molecule has 20 heavy (non-hydrogen) atoms. The van der Waals surface area contributed by atoms with Gasteiger partial charge in [-0.2, -0.15) is 0 Å². The second kappa shape index (κ2) is 6.21. The van der Waals surface area contributed by atoms with Crippen LogP contribution in [-0.2, 0) is 14.3 Å². The predicted molar refractivity (Wildman–Crippen MR) is 70.9 cm³/mol. The summed E-state index contributed by atoms with van der Waals surface area (Å²) >= 11 is 0. The van der Waals surface area contributed by atoms with Crippen molar-refractivity contribution in [2.24, 2.45) is 0 Å². The molecule has 0 saturated carbocycles. The number of urea groups is 1. The quantitative estimate of drug-likeness (QED) is 0.734. The van der Waals surface area contributed by atoms with Crippen LogP contribution in [0, 0.1) is 0 Å². The minimum absolute atomic E-state index is 0.0105. The van der Waals surface area contributed by atoms with Gasteiger partial charge in [0.1, 0.15) is 12.6 Å². The highest BCUT2D eigenvalue weighted by Crippen LogP contribution is 2.12. The normalized spacial score (nSPS) is 26.9. The lowest BCUT2D eigenvalue weighted by Gasteiger charge is -2.31. The number of morpholine rings is 1. The third-order valence-electron chi connectivity index (χ3n) is 3.57. The molecule has 7 nitrogen and oxygen atoms in total. The molecule has 0 aliphatic carbocycles. The van der Waals surface area contributed by atoms with E-state index in [0.29, 0.717) is 26.1 Å². The zero-order valence-electron chi connectivity index (χ0n) is 11.9. The van der Waals surface area contributed by atoms with Crippen molar-refractivity contribution in [1.29, 1.82) is 0 Å². The van der Waals surface area contributed by atoms with E-state index in [1.54, 1.807) is 4.90 Å². The van der Waals surface area contributed by atoms with Gasteiger partial charge in [0.25, 0.3) is 5.91 Å². The van der Waals surface area contributed by atoms with Gasteiger partial charge < -0.3 is 15.0 Å². The molecule has 0 unspecified atom stereocenters. The summed E-state index contributed by atoms with van der Waals surface area (Å²) in [5.41, 5.74) is 0. The fraction of sp³-hybridized carbons (Fsp3) is 0.769. The van der Waals surface area contributed by atoms with Gasteiger partial charge in [-0.25, -0.2) is 4.79 Å². The number of carbonyl (C=O) groups is 3. The molecule has 0 radical (unpaired) electrons. The van der Waals surface area contributed by atoms with Crippen molar-refractivity contribution >= 4 is 17.8 Å². The van der Waals surface area contributed by atoms with E-state index in [2.05, 4.69) is 5.32 Å². The molecule has 112 valence electrons. The SMILES string of the molecule is CCC[C@H]1NC(=O)N(CC(=O)N2CCO[C@@H](C)C2)C1=O. The largest absolute Gasteiger partial charge is 0.375 e. The van der Waals surface area contributed by atoms with E-state index in [-0.39, 0.29) is 24.5 Å². The number of hydrogen-bond acceptors (Lipinski definition) is 4. The van der Waals surface area contributed by atoms with Crippen molar-refractivity contribution in [1.82, 2.24) is 15.1 Å². The Labute approximate surface area is 118 Å². The Morgan fingerprint density at radius 1 is 1.45 bits per heavy atom. The highest BCUT2D eigenvalue weighted by atomic mass is 16.5. The molecule has 4 amide bonds. The average molecular weight is 283 g/mol. The number of nitrogens with one attached hydrogen (secondary N) is 1. The zero-order chi connectivity index (χ0) is 14.7. The summed E-state index contributed by atoms with van der Waals surface area (Å²) in [6.45, 7) is 5.15. The van der Waals surface area contributed by atoms with Crippen LogP contribution < -0.4 is 5.32 Å². The molecule has 0 aromatic carbocycles. The van der Waals surface area contributed by atoms with Crippen LogP contribution in [0.3, 0.4) is 0 Å². The van der Waals surface area contributed by atoms with Gasteiger partial charge >= 0.3 is 6.03 Å². The molecule has 0 spiro atoms. The van der Waals surface area contributed by atoms with Gasteiger partial charge in [-0.1, -0.05) is 13.3 Å². The van der Waals surface area contributed by atoms with Crippen LogP contribution in [0.15, 0.2) is 0 Å². The Hall–Kier alpha value is -1.63. The number of amides is 4. The minimum atomic E-state index is -0.482. The first kappa shape index (κ1) is 14.8. The standard InChI is InChI=1S/C13H21N3O4/c1-3-4-10-12(18)16(13(19)14-10)8-11(17)15-5-6-20-9(2)7-15/h9-10H,3-8H2,1-2H3,(H,14,19)/t9-,10+/m0/s1. The Morgan fingerprint density at radius 2 is 2.20 bits per heavy atom. The smallest absolute Gasteiger partial charge is 0.325 e. The first-order chi connectivity index (χ1) is 9.52. The van der Waals surface area contributed by atoms with E-state index in [1.807, 2.05) is 13.8 Å². The maximum atomic E-state index is 12.2. The Morgan fingerprint density at radius 3 is 2.85 bits per heavy atom. The van der Waals surface area contributed by atoms with E-state index in [4.69, 9.17) is 4.74 Å². The summed E-state index contributed by atoms with van der Waals surface area (Å²) in [6.07, 6.45) is 1.40. The summed E-state index contributed by atoms with van der Waals surface area (Å²) < 4.78 is 5.37. The maximum absolute atomic E-state index is 12.2. The van der Waals surface area contributed by atoms with Crippen LogP contribution >= 0.6 is 0 Å². The molecule has 2 atom stereocenters. The van der Waals surface area contributed by atoms with Crippen LogP contribution in [0.5, 0.6) is 0 Å². The topological polar surface area (TPSA) is 79.0 Å². The van der Waals surface area contributed by atoms with Crippen molar-refractivity contribution in [3.8, 4) is 0 Å². The van der Waals surface area contributed by atoms with Crippen molar-refractivity contribution in [2.75, 3.05) is 26.2 Å². The van der Waals surface area contributed by atoms with E-state index < -0.39 is 12.1 Å². The van der Waals surface area contributed by atoms with E-state index in [9.17, 15) is 14.4 Å². The number of ether oxygens (including phenoxy) is 1. The van der Waals surface area contributed by atoms with Gasteiger partial charge in [0.05, 0.1) is 12.7 Å². The molecule has 0 aromatic rings. The molecular formula is C13H21N3O4. The second-order valence-corrected chi connectivity index (χ2v) is 5.24. The Bertz CT molecular complexity index is 412. The van der Waals surface area contributed by atoms with Crippen LogP contribution in [-0.4, -0.2) is 66.0 Å². The summed E-state index contributed by atoms with van der Waals surface area (Å²) in [5, 5.41) is 2.61. The molecule has 7 heteroatoms. The number of hydrogen-bond donors (Lipinski definition) is 1. The summed E-state index contributed by atoms with van der Waals surface area (Å²) in [7, 11) is 0. The molecule has 2 fully saturated rings. The number of rotatable bonds is 4. The molecule has 2 saturated heterocycles. The van der Waals surface area contributed by atoms with Crippen molar-refractivity contribution in [2.45, 2.75) is 38.8 Å². The molecule has 1 N–H and O–H groups in total. The van der Waals surface area contributed by atoms with Crippen molar-refractivity contribution in [3.05, 3.63) is 0 Å². The van der Waals surface area contributed by atoms with Gasteiger partial charge in [-0.3, -0.25) is 14.5 Å². The highest BCUT2D eigenvalue weighted by Gasteiger charge is 2.39. The highest BCUT2D eigenvalue weighted by molar-refractivity contribution is 6.06. The van der Waals surface area contributed by atoms with Crippen LogP contribution in [0.25, 0.3) is 0 Å². The molecule has 2 aliphatic heterocycles. The molecule has 2 aliphatic rings. The third-order valence-corrected chi connectivity index (χ3v) is 3.57. The Kier molecular flexibility index (Phi) is 4.59. The lowest BCUT2D eigenvalue weighted by atomic mass is 10.2. The molecule has 2 rings (SSSR count). The van der Waals surface area contributed by atoms with Gasteiger partial charge in [0.15, 0.2) is 0 Å². The van der Waals surface area contributed by atoms with Crippen molar-refractivity contribution in [3.63, 3.8) is 0 Å². The monoisotopic (exact) mass is 283 g/mol. The molecule has 2 heterocycles. The first-order valence-corrected chi connectivity index (χ1v) is 7.04. The van der Waals surface area contributed by atoms with Crippen LogP contribution in [0.4, 0.5) is 4.79 Å². The van der Waals surface area contributed by atoms with Gasteiger partial charge in [-0.15, -0.1) is 0 Å². The third kappa shape index (κ3) is 3.09.